The molecular weight excluding hydrogens is 444 g/mol. The standard InChI is InChI=1S/C33H36O3/c1-18-11-9-10-12-23(18)24-14-13-19(2)27-25(24)16-31(6)17-32(7)15-20(3)26(22(5)34)30(36)33(32,8)21(4)28(31)29(27)35/h9-14H,15-17H2,1-8H3/t31-,32+,33+/m0/s1. The van der Waals surface area contributed by atoms with Crippen LogP contribution in [0.5, 0.6) is 0 Å². The summed E-state index contributed by atoms with van der Waals surface area (Å²) >= 11 is 0. The molecule has 36 heavy (non-hydrogen) atoms. The fourth-order valence-electron chi connectivity index (χ4n) is 8.05. The number of Topliss-reactive ketones (excluding diaryl/α,β-unsaturated/α-hetero) is 3. The largest absolute Gasteiger partial charge is 0.294 e. The summed E-state index contributed by atoms with van der Waals surface area (Å²) in [5, 5.41) is 0. The number of carbonyl (C=O) groups excluding carboxylic acids is 3. The Morgan fingerprint density at radius 3 is 2.14 bits per heavy atom. The number of hydrogen-bond acceptors (Lipinski definition) is 3. The van der Waals surface area contributed by atoms with Crippen LogP contribution in [-0.4, -0.2) is 17.3 Å². The van der Waals surface area contributed by atoms with Gasteiger partial charge in [-0.05, 0) is 94.0 Å². The van der Waals surface area contributed by atoms with E-state index >= 15 is 0 Å². The molecule has 0 bridgehead atoms. The van der Waals surface area contributed by atoms with Crippen molar-refractivity contribution in [3.8, 4) is 11.1 Å². The van der Waals surface area contributed by atoms with Gasteiger partial charge in [0.15, 0.2) is 17.3 Å². The molecular formula is C33H36O3. The molecule has 0 amide bonds. The van der Waals surface area contributed by atoms with Crippen LogP contribution < -0.4 is 0 Å². The first-order chi connectivity index (χ1) is 16.8. The molecule has 3 aliphatic rings. The molecule has 0 saturated heterocycles. The molecule has 186 valence electrons. The van der Waals surface area contributed by atoms with Gasteiger partial charge in [-0.2, -0.15) is 0 Å². The summed E-state index contributed by atoms with van der Waals surface area (Å²) in [6.07, 6.45) is 2.17. The first kappa shape index (κ1) is 24.6. The van der Waals surface area contributed by atoms with Gasteiger partial charge in [0, 0.05) is 16.6 Å². The molecule has 0 heterocycles. The number of rotatable bonds is 2. The van der Waals surface area contributed by atoms with Crippen molar-refractivity contribution in [1.82, 2.24) is 0 Å². The van der Waals surface area contributed by atoms with Crippen molar-refractivity contribution >= 4 is 17.3 Å². The average Bonchev–Trinajstić information content (AvgIpc) is 2.76. The van der Waals surface area contributed by atoms with Gasteiger partial charge in [0.05, 0.1) is 11.0 Å². The van der Waals surface area contributed by atoms with E-state index in [2.05, 4.69) is 51.1 Å². The molecule has 3 aliphatic carbocycles. The Bertz CT molecular complexity index is 1450. The number of ketones is 3. The second-order valence-corrected chi connectivity index (χ2v) is 12.2. The van der Waals surface area contributed by atoms with Crippen LogP contribution in [0, 0.1) is 30.1 Å². The maximum absolute atomic E-state index is 14.4. The van der Waals surface area contributed by atoms with Gasteiger partial charge in [-0.15, -0.1) is 0 Å². The fraction of sp³-hybridized carbons (Fsp3) is 0.424. The molecule has 0 aromatic heterocycles. The smallest absolute Gasteiger partial charge is 0.190 e. The Kier molecular flexibility index (Phi) is 5.27. The van der Waals surface area contributed by atoms with Crippen molar-refractivity contribution in [2.24, 2.45) is 16.2 Å². The molecule has 2 aromatic rings. The van der Waals surface area contributed by atoms with E-state index in [0.717, 1.165) is 51.8 Å². The minimum atomic E-state index is -0.878. The quantitative estimate of drug-likeness (QED) is 0.423. The lowest BCUT2D eigenvalue weighted by molar-refractivity contribution is -0.134. The van der Waals surface area contributed by atoms with E-state index in [9.17, 15) is 14.4 Å². The molecule has 0 spiro atoms. The van der Waals surface area contributed by atoms with Crippen molar-refractivity contribution in [3.63, 3.8) is 0 Å². The first-order valence-electron chi connectivity index (χ1n) is 13.0. The molecule has 0 aliphatic heterocycles. The summed E-state index contributed by atoms with van der Waals surface area (Å²) in [7, 11) is 0. The highest BCUT2D eigenvalue weighted by molar-refractivity contribution is 6.24. The number of carbonyl (C=O) groups is 3. The summed E-state index contributed by atoms with van der Waals surface area (Å²) in [5.41, 5.74) is 7.59. The van der Waals surface area contributed by atoms with Crippen LogP contribution in [0.15, 0.2) is 58.7 Å². The zero-order chi connectivity index (χ0) is 26.4. The maximum Gasteiger partial charge on any atom is 0.190 e. The van der Waals surface area contributed by atoms with E-state index in [0.29, 0.717) is 12.0 Å². The van der Waals surface area contributed by atoms with Crippen LogP contribution in [0.2, 0.25) is 0 Å². The zero-order valence-electron chi connectivity index (χ0n) is 22.8. The van der Waals surface area contributed by atoms with Crippen LogP contribution in [0.1, 0.15) is 81.4 Å². The molecule has 0 saturated carbocycles. The third-order valence-corrected chi connectivity index (χ3v) is 9.81. The van der Waals surface area contributed by atoms with Crippen LogP contribution >= 0.6 is 0 Å². The number of benzene rings is 2. The normalized spacial score (nSPS) is 29.7. The Morgan fingerprint density at radius 2 is 1.50 bits per heavy atom. The van der Waals surface area contributed by atoms with E-state index in [1.807, 2.05) is 33.8 Å². The summed E-state index contributed by atoms with van der Waals surface area (Å²) in [6, 6.07) is 12.6. The van der Waals surface area contributed by atoms with Crippen molar-refractivity contribution in [1.29, 1.82) is 0 Å². The molecule has 0 unspecified atom stereocenters. The van der Waals surface area contributed by atoms with Gasteiger partial charge in [0.25, 0.3) is 0 Å². The summed E-state index contributed by atoms with van der Waals surface area (Å²) in [6.45, 7) is 15.9. The summed E-state index contributed by atoms with van der Waals surface area (Å²) < 4.78 is 0. The van der Waals surface area contributed by atoms with Crippen molar-refractivity contribution < 1.29 is 14.4 Å². The fourth-order valence-corrected chi connectivity index (χ4v) is 8.05. The minimum absolute atomic E-state index is 0.0518. The molecule has 0 radical (unpaired) electrons. The molecule has 0 N–H and O–H groups in total. The highest BCUT2D eigenvalue weighted by Gasteiger charge is 2.63. The average molecular weight is 481 g/mol. The monoisotopic (exact) mass is 480 g/mol. The number of allylic oxidation sites excluding steroid dienone is 4. The second-order valence-electron chi connectivity index (χ2n) is 12.2. The molecule has 3 heteroatoms. The Balaban J connectivity index is 1.79. The predicted octanol–water partition coefficient (Wildman–Crippen LogP) is 7.33. The van der Waals surface area contributed by atoms with E-state index < -0.39 is 5.41 Å². The van der Waals surface area contributed by atoms with E-state index in [4.69, 9.17) is 0 Å². The molecule has 3 nitrogen and oxygen atoms in total. The third-order valence-electron chi connectivity index (χ3n) is 9.81. The topological polar surface area (TPSA) is 51.2 Å². The van der Waals surface area contributed by atoms with Crippen LogP contribution in [0.25, 0.3) is 11.1 Å². The van der Waals surface area contributed by atoms with Crippen molar-refractivity contribution in [2.75, 3.05) is 0 Å². The van der Waals surface area contributed by atoms with Crippen LogP contribution in [-0.2, 0) is 16.0 Å². The lowest BCUT2D eigenvalue weighted by Gasteiger charge is -2.59. The first-order valence-corrected chi connectivity index (χ1v) is 13.0. The highest BCUT2D eigenvalue weighted by atomic mass is 16.2. The summed E-state index contributed by atoms with van der Waals surface area (Å²) in [5.74, 6) is -0.237. The second kappa shape index (κ2) is 7.71. The van der Waals surface area contributed by atoms with Crippen LogP contribution in [0.4, 0.5) is 0 Å². The van der Waals surface area contributed by atoms with Gasteiger partial charge in [0.2, 0.25) is 0 Å². The Morgan fingerprint density at radius 1 is 0.833 bits per heavy atom. The summed E-state index contributed by atoms with van der Waals surface area (Å²) in [4.78, 5) is 40.9. The van der Waals surface area contributed by atoms with E-state index in [1.165, 1.54) is 18.1 Å². The van der Waals surface area contributed by atoms with Crippen molar-refractivity contribution in [3.05, 3.63) is 80.9 Å². The lowest BCUT2D eigenvalue weighted by Crippen LogP contribution is -2.57. The van der Waals surface area contributed by atoms with Gasteiger partial charge < -0.3 is 0 Å². The third kappa shape index (κ3) is 3.01. The molecule has 3 atom stereocenters. The van der Waals surface area contributed by atoms with Crippen LogP contribution in [0.3, 0.4) is 0 Å². The van der Waals surface area contributed by atoms with E-state index in [-0.39, 0.29) is 28.2 Å². The number of hydrogen-bond donors (Lipinski definition) is 0. The Hall–Kier alpha value is -3.07. The highest BCUT2D eigenvalue weighted by Crippen LogP contribution is 2.66. The van der Waals surface area contributed by atoms with Gasteiger partial charge in [0.1, 0.15) is 0 Å². The Labute approximate surface area is 214 Å². The molecule has 2 aromatic carbocycles. The van der Waals surface area contributed by atoms with Gasteiger partial charge in [-0.25, -0.2) is 0 Å². The number of fused-ring (bicyclic) bond motifs is 3. The number of aryl methyl sites for hydroxylation is 2. The van der Waals surface area contributed by atoms with E-state index in [1.54, 1.807) is 0 Å². The van der Waals surface area contributed by atoms with Crippen molar-refractivity contribution in [2.45, 2.75) is 74.7 Å². The minimum Gasteiger partial charge on any atom is -0.294 e. The van der Waals surface area contributed by atoms with Gasteiger partial charge >= 0.3 is 0 Å². The predicted molar refractivity (Wildman–Crippen MR) is 144 cm³/mol. The SMILES string of the molecule is CC(=O)C1=C(C)C[C@]2(C)C[C@]3(C)Cc4c(-c5ccccc5C)ccc(C)c4C(=O)C3=C(C)[C@]2(C)C1=O. The van der Waals surface area contributed by atoms with Gasteiger partial charge in [-0.1, -0.05) is 61.4 Å². The molecule has 5 rings (SSSR count). The van der Waals surface area contributed by atoms with Gasteiger partial charge in [-0.3, -0.25) is 14.4 Å². The maximum atomic E-state index is 14.4. The zero-order valence-corrected chi connectivity index (χ0v) is 22.8. The lowest BCUT2D eigenvalue weighted by atomic mass is 9.42. The molecule has 0 fully saturated rings.